The van der Waals surface area contributed by atoms with Crippen LogP contribution in [-0.2, 0) is 4.74 Å². The van der Waals surface area contributed by atoms with Gasteiger partial charge in [0, 0.05) is 25.9 Å². The van der Waals surface area contributed by atoms with Gasteiger partial charge in [-0.05, 0) is 28.8 Å². The van der Waals surface area contributed by atoms with Crippen LogP contribution in [0.2, 0.25) is 0 Å². The van der Waals surface area contributed by atoms with Crippen molar-refractivity contribution in [3.8, 4) is 0 Å². The lowest BCUT2D eigenvalue weighted by atomic mass is 10.2. The van der Waals surface area contributed by atoms with E-state index in [0.29, 0.717) is 0 Å². The van der Waals surface area contributed by atoms with Crippen molar-refractivity contribution in [3.63, 3.8) is 0 Å². The van der Waals surface area contributed by atoms with Crippen LogP contribution in [0.25, 0.3) is 0 Å². The summed E-state index contributed by atoms with van der Waals surface area (Å²) in [7, 11) is 0. The SMILES string of the molecule is CCC1CN(c2c(N)cncc2Br)CCCO1. The molecule has 0 aromatic carbocycles. The van der Waals surface area contributed by atoms with Crippen molar-refractivity contribution in [2.45, 2.75) is 25.9 Å². The van der Waals surface area contributed by atoms with Gasteiger partial charge in [-0.15, -0.1) is 0 Å². The normalized spacial score (nSPS) is 21.3. The van der Waals surface area contributed by atoms with Crippen LogP contribution in [0.5, 0.6) is 0 Å². The average molecular weight is 300 g/mol. The first kappa shape index (κ1) is 12.6. The monoisotopic (exact) mass is 299 g/mol. The maximum atomic E-state index is 6.02. The molecular formula is C12H18BrN3O. The zero-order valence-electron chi connectivity index (χ0n) is 10.0. The highest BCUT2D eigenvalue weighted by atomic mass is 79.9. The van der Waals surface area contributed by atoms with E-state index < -0.39 is 0 Å². The van der Waals surface area contributed by atoms with Gasteiger partial charge in [0.2, 0.25) is 0 Å². The van der Waals surface area contributed by atoms with E-state index in [1.54, 1.807) is 12.4 Å². The Bertz CT molecular complexity index is 366. The summed E-state index contributed by atoms with van der Waals surface area (Å²) in [6.07, 6.45) is 5.84. The molecule has 2 heterocycles. The number of hydrogen-bond donors (Lipinski definition) is 1. The lowest BCUT2D eigenvalue weighted by molar-refractivity contribution is 0.0664. The molecule has 1 saturated heterocycles. The number of rotatable bonds is 2. The van der Waals surface area contributed by atoms with Gasteiger partial charge >= 0.3 is 0 Å². The molecule has 1 aliphatic rings. The minimum absolute atomic E-state index is 0.289. The van der Waals surface area contributed by atoms with Gasteiger partial charge < -0.3 is 15.4 Å². The van der Waals surface area contributed by atoms with Gasteiger partial charge in [-0.3, -0.25) is 4.98 Å². The Morgan fingerprint density at radius 1 is 1.59 bits per heavy atom. The highest BCUT2D eigenvalue weighted by Gasteiger charge is 2.20. The molecule has 0 radical (unpaired) electrons. The third-order valence-corrected chi connectivity index (χ3v) is 3.60. The lowest BCUT2D eigenvalue weighted by Gasteiger charge is -2.27. The molecule has 2 rings (SSSR count). The third kappa shape index (κ3) is 2.90. The topological polar surface area (TPSA) is 51.4 Å². The summed E-state index contributed by atoms with van der Waals surface area (Å²) < 4.78 is 6.72. The number of hydrogen-bond acceptors (Lipinski definition) is 4. The van der Waals surface area contributed by atoms with E-state index in [0.717, 1.165) is 48.4 Å². The Balaban J connectivity index is 2.25. The minimum atomic E-state index is 0.289. The van der Waals surface area contributed by atoms with E-state index in [-0.39, 0.29) is 6.10 Å². The highest BCUT2D eigenvalue weighted by molar-refractivity contribution is 9.10. The Morgan fingerprint density at radius 2 is 2.41 bits per heavy atom. The van der Waals surface area contributed by atoms with Crippen LogP contribution in [0, 0.1) is 0 Å². The number of ether oxygens (including phenoxy) is 1. The van der Waals surface area contributed by atoms with Crippen LogP contribution in [-0.4, -0.2) is 30.8 Å². The standard InChI is InChI=1S/C12H18BrN3O/c1-2-9-8-16(4-3-5-17-9)12-10(13)6-15-7-11(12)14/h6-7,9H,2-5,8,14H2,1H3. The van der Waals surface area contributed by atoms with Crippen LogP contribution in [0.4, 0.5) is 11.4 Å². The molecule has 1 atom stereocenters. The Hall–Kier alpha value is -0.810. The summed E-state index contributed by atoms with van der Waals surface area (Å²) in [6.45, 7) is 4.85. The van der Waals surface area contributed by atoms with E-state index in [2.05, 4.69) is 32.7 Å². The first-order chi connectivity index (χ1) is 8.22. The van der Waals surface area contributed by atoms with Crippen molar-refractivity contribution in [1.82, 2.24) is 4.98 Å². The van der Waals surface area contributed by atoms with Gasteiger partial charge in [0.05, 0.1) is 28.1 Å². The molecule has 0 spiro atoms. The molecule has 0 bridgehead atoms. The number of pyridine rings is 1. The Kier molecular flexibility index (Phi) is 4.23. The maximum Gasteiger partial charge on any atom is 0.0776 e. The summed E-state index contributed by atoms with van der Waals surface area (Å²) in [5, 5.41) is 0. The summed E-state index contributed by atoms with van der Waals surface area (Å²) in [5.41, 5.74) is 7.78. The van der Waals surface area contributed by atoms with Crippen LogP contribution in [0.3, 0.4) is 0 Å². The van der Waals surface area contributed by atoms with Gasteiger partial charge in [-0.1, -0.05) is 6.92 Å². The number of nitrogens with zero attached hydrogens (tertiary/aromatic N) is 2. The fourth-order valence-electron chi connectivity index (χ4n) is 2.12. The quantitative estimate of drug-likeness (QED) is 0.911. The van der Waals surface area contributed by atoms with Crippen LogP contribution >= 0.6 is 15.9 Å². The molecule has 1 aromatic rings. The van der Waals surface area contributed by atoms with E-state index in [9.17, 15) is 0 Å². The first-order valence-corrected chi connectivity index (χ1v) is 6.77. The van der Waals surface area contributed by atoms with Crippen molar-refractivity contribution in [1.29, 1.82) is 0 Å². The maximum absolute atomic E-state index is 6.02. The largest absolute Gasteiger partial charge is 0.396 e. The van der Waals surface area contributed by atoms with Gasteiger partial charge in [-0.25, -0.2) is 0 Å². The van der Waals surface area contributed by atoms with Crippen LogP contribution < -0.4 is 10.6 Å². The molecule has 94 valence electrons. The van der Waals surface area contributed by atoms with Gasteiger partial charge in [0.15, 0.2) is 0 Å². The smallest absolute Gasteiger partial charge is 0.0776 e. The molecule has 0 saturated carbocycles. The summed E-state index contributed by atoms with van der Waals surface area (Å²) >= 11 is 3.53. The summed E-state index contributed by atoms with van der Waals surface area (Å²) in [4.78, 5) is 6.37. The Morgan fingerprint density at radius 3 is 3.12 bits per heavy atom. The molecule has 2 N–H and O–H groups in total. The minimum Gasteiger partial charge on any atom is -0.396 e. The molecule has 1 fully saturated rings. The molecular weight excluding hydrogens is 282 g/mol. The van der Waals surface area contributed by atoms with Crippen molar-refractivity contribution in [2.24, 2.45) is 0 Å². The number of nitrogen functional groups attached to an aromatic ring is 1. The molecule has 1 aliphatic heterocycles. The fourth-order valence-corrected chi connectivity index (χ4v) is 2.72. The Labute approximate surface area is 110 Å². The molecule has 5 heteroatoms. The van der Waals surface area contributed by atoms with Crippen molar-refractivity contribution in [3.05, 3.63) is 16.9 Å². The van der Waals surface area contributed by atoms with Gasteiger partial charge in [-0.2, -0.15) is 0 Å². The number of halogens is 1. The highest BCUT2D eigenvalue weighted by Crippen LogP contribution is 2.32. The molecule has 0 aliphatic carbocycles. The first-order valence-electron chi connectivity index (χ1n) is 5.98. The van der Waals surface area contributed by atoms with Gasteiger partial charge in [0.25, 0.3) is 0 Å². The number of aromatic nitrogens is 1. The van der Waals surface area contributed by atoms with E-state index >= 15 is 0 Å². The van der Waals surface area contributed by atoms with E-state index in [1.807, 2.05) is 0 Å². The number of nitrogens with two attached hydrogens (primary N) is 1. The zero-order valence-corrected chi connectivity index (χ0v) is 11.6. The van der Waals surface area contributed by atoms with Crippen molar-refractivity contribution in [2.75, 3.05) is 30.3 Å². The molecule has 1 aromatic heterocycles. The second kappa shape index (κ2) is 5.69. The second-order valence-corrected chi connectivity index (χ2v) is 5.11. The summed E-state index contributed by atoms with van der Waals surface area (Å²) in [6, 6.07) is 0. The average Bonchev–Trinajstić information content (AvgIpc) is 2.54. The predicted octanol–water partition coefficient (Wildman–Crippen LogP) is 2.43. The van der Waals surface area contributed by atoms with E-state index in [4.69, 9.17) is 10.5 Å². The summed E-state index contributed by atoms with van der Waals surface area (Å²) in [5.74, 6) is 0. The van der Waals surface area contributed by atoms with E-state index in [1.165, 1.54) is 0 Å². The second-order valence-electron chi connectivity index (χ2n) is 4.26. The number of anilines is 2. The third-order valence-electron chi connectivity index (χ3n) is 3.02. The van der Waals surface area contributed by atoms with Gasteiger partial charge in [0.1, 0.15) is 0 Å². The van der Waals surface area contributed by atoms with Crippen molar-refractivity contribution < 1.29 is 4.74 Å². The van der Waals surface area contributed by atoms with Crippen molar-refractivity contribution >= 4 is 27.3 Å². The fraction of sp³-hybridized carbons (Fsp3) is 0.583. The zero-order chi connectivity index (χ0) is 12.3. The van der Waals surface area contributed by atoms with Crippen LogP contribution in [0.15, 0.2) is 16.9 Å². The lowest BCUT2D eigenvalue weighted by Crippen LogP contribution is -2.32. The van der Waals surface area contributed by atoms with Crippen LogP contribution in [0.1, 0.15) is 19.8 Å². The molecule has 4 nitrogen and oxygen atoms in total. The molecule has 0 amide bonds. The predicted molar refractivity (Wildman–Crippen MR) is 73.2 cm³/mol. The molecule has 1 unspecified atom stereocenters. The molecule has 17 heavy (non-hydrogen) atoms.